The molecule has 2 unspecified atom stereocenters. The Morgan fingerprint density at radius 2 is 1.72 bits per heavy atom. The summed E-state index contributed by atoms with van der Waals surface area (Å²) in [5, 5.41) is 11.4. The number of amides is 1. The molecule has 0 radical (unpaired) electrons. The number of cyclic esters (lactones) is 1. The molecule has 3 aliphatic heterocycles. The lowest BCUT2D eigenvalue weighted by atomic mass is 9.74. The van der Waals surface area contributed by atoms with E-state index in [4.69, 9.17) is 18.9 Å². The van der Waals surface area contributed by atoms with Crippen molar-refractivity contribution in [2.45, 2.75) is 122 Å². The lowest BCUT2D eigenvalue weighted by Gasteiger charge is -2.47. The van der Waals surface area contributed by atoms with Gasteiger partial charge in [-0.1, -0.05) is 13.8 Å². The van der Waals surface area contributed by atoms with Crippen molar-refractivity contribution in [1.29, 1.82) is 0 Å². The molecule has 3 heterocycles. The van der Waals surface area contributed by atoms with Gasteiger partial charge in [-0.05, 0) is 106 Å². The van der Waals surface area contributed by atoms with Gasteiger partial charge in [-0.25, -0.2) is 0 Å². The maximum absolute atomic E-state index is 14.3. The lowest BCUT2D eigenvalue weighted by molar-refractivity contribution is -0.295. The molecule has 50 heavy (non-hydrogen) atoms. The van der Waals surface area contributed by atoms with Crippen molar-refractivity contribution in [1.82, 2.24) is 19.6 Å². The van der Waals surface area contributed by atoms with Gasteiger partial charge >= 0.3 is 5.97 Å². The van der Waals surface area contributed by atoms with E-state index in [1.807, 2.05) is 44.8 Å². The van der Waals surface area contributed by atoms with Gasteiger partial charge < -0.3 is 38.8 Å². The number of hydrogen-bond donors (Lipinski definition) is 1. The predicted molar refractivity (Wildman–Crippen MR) is 191 cm³/mol. The number of hydrogen-bond acceptors (Lipinski definition) is 11. The Balaban J connectivity index is 1.49. The summed E-state index contributed by atoms with van der Waals surface area (Å²) in [6, 6.07) is -0.305. The first-order valence-electron chi connectivity index (χ1n) is 19.0. The summed E-state index contributed by atoms with van der Waals surface area (Å²) in [4.78, 5) is 49.5. The first kappa shape index (κ1) is 41.1. The minimum Gasteiger partial charge on any atom is -0.463 e. The Labute approximate surface area is 301 Å². The number of rotatable bonds is 11. The average molecular weight is 709 g/mol. The van der Waals surface area contributed by atoms with Gasteiger partial charge in [0, 0.05) is 63.6 Å². The number of carbonyl (C=O) groups excluding carboxylic acids is 3. The smallest absolute Gasteiger partial charge is 0.319 e. The zero-order valence-electron chi connectivity index (χ0n) is 32.9. The van der Waals surface area contributed by atoms with Crippen LogP contribution < -0.4 is 0 Å². The molecule has 0 aromatic rings. The molecule has 1 aliphatic carbocycles. The maximum Gasteiger partial charge on any atom is 0.319 e. The standard InChI is InChI=1S/C38H68N4O8/c1-24-18-38(6,47-11)34(50-35-32(44)29(39(7)8)17-25(2)49-35)26(3)33(45)37(4,5)36(46)48-23-30(41(10)19-24)28-21-42(22-28)31(43)13-12-16-40(9)20-27-14-15-27/h24-30,32,34-35,44H,12-23H2,1-11H3/t24-,25-,26+,29+,30?,32-,34-,35?,38-/m1/s1. The van der Waals surface area contributed by atoms with E-state index in [2.05, 4.69) is 23.8 Å². The molecule has 0 bridgehead atoms. The van der Waals surface area contributed by atoms with E-state index in [1.54, 1.807) is 27.9 Å². The highest BCUT2D eigenvalue weighted by Gasteiger charge is 2.52. The Morgan fingerprint density at radius 3 is 2.32 bits per heavy atom. The topological polar surface area (TPSA) is 121 Å². The summed E-state index contributed by atoms with van der Waals surface area (Å²) in [7, 11) is 9.64. The second-order valence-corrected chi connectivity index (χ2v) is 17.2. The van der Waals surface area contributed by atoms with Gasteiger partial charge in [0.05, 0.1) is 17.8 Å². The normalized spacial score (nSPS) is 36.8. The van der Waals surface area contributed by atoms with Crippen LogP contribution >= 0.6 is 0 Å². The highest BCUT2D eigenvalue weighted by atomic mass is 16.7. The fraction of sp³-hybridized carbons (Fsp3) is 0.921. The Kier molecular flexibility index (Phi) is 14.0. The van der Waals surface area contributed by atoms with E-state index in [-0.39, 0.29) is 48.3 Å². The molecule has 12 nitrogen and oxygen atoms in total. The SMILES string of the molecule is CO[C@]1(C)C[C@@H](C)CN(C)C(C2CN(C(=O)CCCN(C)CC3CC3)C2)COC(=O)C(C)(C)C(=O)[C@H](C)[C@H]1OC1O[C@H](C)C[C@H](N(C)C)[C@H]1O. The van der Waals surface area contributed by atoms with Crippen molar-refractivity contribution in [3.05, 3.63) is 0 Å². The second-order valence-electron chi connectivity index (χ2n) is 17.2. The van der Waals surface area contributed by atoms with Crippen molar-refractivity contribution >= 4 is 17.7 Å². The molecule has 4 aliphatic rings. The van der Waals surface area contributed by atoms with E-state index in [1.165, 1.54) is 12.8 Å². The second kappa shape index (κ2) is 17.0. The summed E-state index contributed by atoms with van der Waals surface area (Å²) in [5.41, 5.74) is -2.42. The van der Waals surface area contributed by atoms with Crippen molar-refractivity contribution < 1.29 is 38.4 Å². The van der Waals surface area contributed by atoms with Crippen molar-refractivity contribution in [3.8, 4) is 0 Å². The summed E-state index contributed by atoms with van der Waals surface area (Å²) < 4.78 is 25.0. The predicted octanol–water partition coefficient (Wildman–Crippen LogP) is 2.90. The van der Waals surface area contributed by atoms with Crippen molar-refractivity contribution in [3.63, 3.8) is 0 Å². The summed E-state index contributed by atoms with van der Waals surface area (Å²) in [5.74, 6) is -0.429. The summed E-state index contributed by atoms with van der Waals surface area (Å²) in [6.07, 6.45) is 2.32. The third-order valence-electron chi connectivity index (χ3n) is 11.9. The number of aliphatic hydroxyl groups is 1. The fourth-order valence-corrected chi connectivity index (χ4v) is 8.51. The highest BCUT2D eigenvalue weighted by molar-refractivity contribution is 6.04. The van der Waals surface area contributed by atoms with Crippen molar-refractivity contribution in [2.24, 2.45) is 29.1 Å². The number of nitrogens with zero attached hydrogens (tertiary/aromatic N) is 4. The molecule has 3 saturated heterocycles. The van der Waals surface area contributed by atoms with Gasteiger partial charge in [-0.15, -0.1) is 0 Å². The van der Waals surface area contributed by atoms with Crippen LogP contribution in [-0.4, -0.2) is 159 Å². The largest absolute Gasteiger partial charge is 0.463 e. The van der Waals surface area contributed by atoms with Gasteiger partial charge in [0.1, 0.15) is 18.1 Å². The number of likely N-dealkylation sites (tertiary alicyclic amines) is 1. The Bertz CT molecular complexity index is 1160. The molecule has 4 rings (SSSR count). The van der Waals surface area contributed by atoms with Crippen LogP contribution in [0.5, 0.6) is 0 Å². The summed E-state index contributed by atoms with van der Waals surface area (Å²) >= 11 is 0. The van der Waals surface area contributed by atoms with Crippen LogP contribution in [0.25, 0.3) is 0 Å². The van der Waals surface area contributed by atoms with Crippen LogP contribution in [0.4, 0.5) is 0 Å². The zero-order valence-corrected chi connectivity index (χ0v) is 32.9. The summed E-state index contributed by atoms with van der Waals surface area (Å²) in [6.45, 7) is 15.2. The Hall–Kier alpha value is -1.67. The average Bonchev–Trinajstić information content (AvgIpc) is 3.84. The van der Waals surface area contributed by atoms with Crippen LogP contribution in [0.1, 0.15) is 80.1 Å². The maximum atomic E-state index is 14.3. The van der Waals surface area contributed by atoms with Crippen LogP contribution in [-0.2, 0) is 33.3 Å². The van der Waals surface area contributed by atoms with Crippen LogP contribution in [0, 0.1) is 29.1 Å². The number of ketones is 1. The lowest BCUT2D eigenvalue weighted by Crippen LogP contribution is -2.60. The van der Waals surface area contributed by atoms with E-state index in [0.29, 0.717) is 38.9 Å². The molecule has 0 spiro atoms. The minimum absolute atomic E-state index is 0.0985. The van der Waals surface area contributed by atoms with Gasteiger partial charge in [0.15, 0.2) is 12.1 Å². The highest BCUT2D eigenvalue weighted by Crippen LogP contribution is 2.39. The molecule has 0 aromatic carbocycles. The van der Waals surface area contributed by atoms with Crippen LogP contribution in [0.2, 0.25) is 0 Å². The number of esters is 1. The van der Waals surface area contributed by atoms with E-state index >= 15 is 0 Å². The Morgan fingerprint density at radius 1 is 1.06 bits per heavy atom. The number of ether oxygens (including phenoxy) is 4. The zero-order chi connectivity index (χ0) is 37.1. The van der Waals surface area contributed by atoms with Gasteiger partial charge in [-0.2, -0.15) is 0 Å². The monoisotopic (exact) mass is 709 g/mol. The van der Waals surface area contributed by atoms with Crippen LogP contribution in [0.3, 0.4) is 0 Å². The van der Waals surface area contributed by atoms with Gasteiger partial charge in [0.2, 0.25) is 5.91 Å². The molecule has 0 aromatic heterocycles. The first-order chi connectivity index (χ1) is 23.4. The third-order valence-corrected chi connectivity index (χ3v) is 11.9. The number of methoxy groups -OCH3 is 1. The molecule has 288 valence electrons. The number of aliphatic hydroxyl groups excluding tert-OH is 1. The first-order valence-corrected chi connectivity index (χ1v) is 19.0. The third kappa shape index (κ3) is 9.85. The van der Waals surface area contributed by atoms with E-state index in [9.17, 15) is 19.5 Å². The number of likely N-dealkylation sites (N-methyl/N-ethyl adjacent to an activating group) is 2. The molecule has 1 amide bonds. The molecule has 9 atom stereocenters. The van der Waals surface area contributed by atoms with E-state index < -0.39 is 41.4 Å². The van der Waals surface area contributed by atoms with E-state index in [0.717, 1.165) is 25.4 Å². The molecule has 1 N–H and O–H groups in total. The van der Waals surface area contributed by atoms with Crippen molar-refractivity contribution in [2.75, 3.05) is 74.6 Å². The minimum atomic E-state index is -1.46. The molecular weight excluding hydrogens is 640 g/mol. The van der Waals surface area contributed by atoms with Gasteiger partial charge in [0.25, 0.3) is 0 Å². The number of Topliss-reactive ketones (excluding diaryl/α,β-unsaturated/α-hetero) is 1. The fourth-order valence-electron chi connectivity index (χ4n) is 8.51. The quantitative estimate of drug-likeness (QED) is 0.252. The van der Waals surface area contributed by atoms with Crippen LogP contribution in [0.15, 0.2) is 0 Å². The molecule has 1 saturated carbocycles. The van der Waals surface area contributed by atoms with Gasteiger partial charge in [-0.3, -0.25) is 19.3 Å². The molecule has 4 fully saturated rings. The molecule has 12 heteroatoms. The number of carbonyl (C=O) groups is 3. The molecular formula is C38H68N4O8.